The molecular weight excluding hydrogens is 549 g/mol. The summed E-state index contributed by atoms with van der Waals surface area (Å²) in [5.74, 6) is 1.49. The van der Waals surface area contributed by atoms with E-state index in [1.54, 1.807) is 25.4 Å². The second-order valence-corrected chi connectivity index (χ2v) is 12.8. The average molecular weight is 586 g/mol. The molecule has 218 valence electrons. The highest BCUT2D eigenvalue weighted by Gasteiger charge is 2.18. The zero-order valence-corrected chi connectivity index (χ0v) is 25.4. The van der Waals surface area contributed by atoms with Gasteiger partial charge >= 0.3 is 0 Å². The number of amides is 1. The first-order chi connectivity index (χ1) is 20.0. The highest BCUT2D eigenvalue weighted by molar-refractivity contribution is 7.99. The molecule has 0 bridgehead atoms. The normalized spacial score (nSPS) is 13.6. The van der Waals surface area contributed by atoms with Gasteiger partial charge in [0.2, 0.25) is 0 Å². The van der Waals surface area contributed by atoms with Crippen LogP contribution in [-0.4, -0.2) is 40.1 Å². The molecule has 0 spiro atoms. The van der Waals surface area contributed by atoms with Crippen molar-refractivity contribution < 1.29 is 9.18 Å². The van der Waals surface area contributed by atoms with Crippen LogP contribution in [0.4, 0.5) is 27.3 Å². The van der Waals surface area contributed by atoms with Crippen molar-refractivity contribution in [3.63, 3.8) is 0 Å². The maximum atomic E-state index is 15.0. The molecule has 1 aliphatic rings. The minimum absolute atomic E-state index is 0.000413. The molecule has 7 nitrogen and oxygen atoms in total. The number of rotatable bonds is 6. The molecule has 1 amide bonds. The molecule has 1 saturated heterocycles. The number of hydrogen-bond acceptors (Lipinski definition) is 6. The molecule has 0 unspecified atom stereocenters. The van der Waals surface area contributed by atoms with Crippen LogP contribution in [0.1, 0.15) is 42.3 Å². The molecule has 4 aromatic rings. The molecule has 2 N–H and O–H groups in total. The van der Waals surface area contributed by atoms with Crippen LogP contribution in [0, 0.1) is 12.7 Å². The fourth-order valence-electron chi connectivity index (χ4n) is 4.96. The Balaban J connectivity index is 1.39. The third kappa shape index (κ3) is 6.36. The van der Waals surface area contributed by atoms with Crippen LogP contribution in [0.2, 0.25) is 0 Å². The monoisotopic (exact) mass is 585 g/mol. The van der Waals surface area contributed by atoms with Gasteiger partial charge in [0.25, 0.3) is 11.5 Å². The summed E-state index contributed by atoms with van der Waals surface area (Å²) in [4.78, 5) is 32.7. The summed E-state index contributed by atoms with van der Waals surface area (Å²) in [7, 11) is 1.65. The van der Waals surface area contributed by atoms with E-state index in [2.05, 4.69) is 36.4 Å². The topological polar surface area (TPSA) is 79.3 Å². The summed E-state index contributed by atoms with van der Waals surface area (Å²) in [6, 6.07) is 18.1. The van der Waals surface area contributed by atoms with Crippen molar-refractivity contribution in [2.75, 3.05) is 40.1 Å². The molecular formula is C33H36FN5O2S. The minimum atomic E-state index is -0.341. The summed E-state index contributed by atoms with van der Waals surface area (Å²) >= 11 is 1.87. The van der Waals surface area contributed by atoms with Crippen molar-refractivity contribution in [1.29, 1.82) is 0 Å². The van der Waals surface area contributed by atoms with Crippen LogP contribution < -0.4 is 21.1 Å². The van der Waals surface area contributed by atoms with E-state index in [9.17, 15) is 9.59 Å². The van der Waals surface area contributed by atoms with Crippen molar-refractivity contribution >= 4 is 40.5 Å². The molecule has 1 aromatic heterocycles. The number of halogens is 1. The number of hydrogen-bond donors (Lipinski definition) is 2. The lowest BCUT2D eigenvalue weighted by atomic mass is 9.86. The standard InChI is InChI=1S/C33H36FN5O2S/c1-21-25(7-6-8-27(21)37-31(40)22-9-11-23(12-10-22)33(2,3)4)28-20-38(5)32(41)30(36-28)35-24-13-14-29(26(34)19-24)39-15-17-42-18-16-39/h6-14,19-20H,15-18H2,1-5H3,(H,35,36)(H,37,40). The molecule has 42 heavy (non-hydrogen) atoms. The molecule has 9 heteroatoms. The summed E-state index contributed by atoms with van der Waals surface area (Å²) in [5, 5.41) is 6.04. The summed E-state index contributed by atoms with van der Waals surface area (Å²) in [6.07, 6.45) is 1.66. The number of carbonyl (C=O) groups excluding carboxylic acids is 1. The van der Waals surface area contributed by atoms with Crippen molar-refractivity contribution in [2.45, 2.75) is 33.1 Å². The van der Waals surface area contributed by atoms with Gasteiger partial charge in [-0.15, -0.1) is 0 Å². The zero-order valence-electron chi connectivity index (χ0n) is 24.6. The first-order valence-corrected chi connectivity index (χ1v) is 15.2. The lowest BCUT2D eigenvalue weighted by Gasteiger charge is -2.29. The van der Waals surface area contributed by atoms with Gasteiger partial charge in [-0.25, -0.2) is 9.37 Å². The SMILES string of the molecule is Cc1c(NC(=O)c2ccc(C(C)(C)C)cc2)cccc1-c1cn(C)c(=O)c(Nc2ccc(N3CCSCC3)c(F)c2)n1. The average Bonchev–Trinajstić information content (AvgIpc) is 2.96. The molecule has 0 radical (unpaired) electrons. The number of thioether (sulfide) groups is 1. The van der Waals surface area contributed by atoms with Crippen LogP contribution >= 0.6 is 11.8 Å². The van der Waals surface area contributed by atoms with Crippen LogP contribution in [0.5, 0.6) is 0 Å². The van der Waals surface area contributed by atoms with Crippen molar-refractivity contribution in [2.24, 2.45) is 7.05 Å². The van der Waals surface area contributed by atoms with Gasteiger partial charge in [0.1, 0.15) is 5.82 Å². The summed E-state index contributed by atoms with van der Waals surface area (Å²) in [6.45, 7) is 9.92. The predicted molar refractivity (Wildman–Crippen MR) is 172 cm³/mol. The Bertz CT molecular complexity index is 1670. The van der Waals surface area contributed by atoms with Gasteiger partial charge in [-0.3, -0.25) is 9.59 Å². The fourth-order valence-corrected chi connectivity index (χ4v) is 5.87. The molecule has 2 heterocycles. The van der Waals surface area contributed by atoms with E-state index in [1.165, 1.54) is 10.6 Å². The van der Waals surface area contributed by atoms with E-state index in [1.807, 2.05) is 66.1 Å². The molecule has 5 rings (SSSR count). The predicted octanol–water partition coefficient (Wildman–Crippen LogP) is 6.74. The Hall–Kier alpha value is -4.11. The van der Waals surface area contributed by atoms with E-state index in [-0.39, 0.29) is 28.5 Å². The molecule has 3 aromatic carbocycles. The number of benzene rings is 3. The lowest BCUT2D eigenvalue weighted by Crippen LogP contribution is -2.33. The smallest absolute Gasteiger partial charge is 0.293 e. The first-order valence-electron chi connectivity index (χ1n) is 14.0. The van der Waals surface area contributed by atoms with Gasteiger partial charge in [-0.2, -0.15) is 11.8 Å². The second-order valence-electron chi connectivity index (χ2n) is 11.5. The van der Waals surface area contributed by atoms with E-state index >= 15 is 4.39 Å². The number of carbonyl (C=O) groups is 1. The van der Waals surface area contributed by atoms with Crippen molar-refractivity contribution in [1.82, 2.24) is 9.55 Å². The van der Waals surface area contributed by atoms with Crippen LogP contribution in [-0.2, 0) is 12.5 Å². The molecule has 0 aliphatic carbocycles. The quantitative estimate of drug-likeness (QED) is 0.261. The van der Waals surface area contributed by atoms with Gasteiger partial charge < -0.3 is 20.1 Å². The Morgan fingerprint density at radius 3 is 2.40 bits per heavy atom. The summed E-state index contributed by atoms with van der Waals surface area (Å²) < 4.78 is 16.5. The third-order valence-electron chi connectivity index (χ3n) is 7.50. The Morgan fingerprint density at radius 1 is 1.02 bits per heavy atom. The van der Waals surface area contributed by atoms with E-state index in [0.29, 0.717) is 28.3 Å². The van der Waals surface area contributed by atoms with E-state index < -0.39 is 0 Å². The van der Waals surface area contributed by atoms with Crippen LogP contribution in [0.25, 0.3) is 11.3 Å². The maximum absolute atomic E-state index is 15.0. The van der Waals surface area contributed by atoms with Gasteiger partial charge in [-0.05, 0) is 59.9 Å². The maximum Gasteiger partial charge on any atom is 0.293 e. The highest BCUT2D eigenvalue weighted by atomic mass is 32.2. The van der Waals surface area contributed by atoms with Gasteiger partial charge in [0, 0.05) is 60.3 Å². The molecule has 0 atom stereocenters. The molecule has 1 aliphatic heterocycles. The number of nitrogens with one attached hydrogen (secondary N) is 2. The van der Waals surface area contributed by atoms with E-state index in [0.717, 1.165) is 41.3 Å². The molecule has 1 fully saturated rings. The Labute approximate surface area is 250 Å². The minimum Gasteiger partial charge on any atom is -0.368 e. The number of nitrogens with zero attached hydrogens (tertiary/aromatic N) is 3. The van der Waals surface area contributed by atoms with Gasteiger partial charge in [0.15, 0.2) is 5.82 Å². The summed E-state index contributed by atoms with van der Waals surface area (Å²) in [5.41, 5.74) is 5.16. The Kier molecular flexibility index (Phi) is 8.41. The van der Waals surface area contributed by atoms with Crippen LogP contribution in [0.15, 0.2) is 71.7 Å². The number of aryl methyl sites for hydroxylation is 1. The highest BCUT2D eigenvalue weighted by Crippen LogP contribution is 2.30. The largest absolute Gasteiger partial charge is 0.368 e. The van der Waals surface area contributed by atoms with Gasteiger partial charge in [0.05, 0.1) is 11.4 Å². The number of aromatic nitrogens is 2. The lowest BCUT2D eigenvalue weighted by molar-refractivity contribution is 0.102. The second kappa shape index (κ2) is 12.0. The zero-order chi connectivity index (χ0) is 30.0. The number of anilines is 4. The fraction of sp³-hybridized carbons (Fsp3) is 0.303. The first kappa shape index (κ1) is 29.4. The van der Waals surface area contributed by atoms with Crippen LogP contribution in [0.3, 0.4) is 0 Å². The van der Waals surface area contributed by atoms with Crippen molar-refractivity contribution in [3.8, 4) is 11.3 Å². The third-order valence-corrected chi connectivity index (χ3v) is 8.45. The van der Waals surface area contributed by atoms with Crippen molar-refractivity contribution in [3.05, 3.63) is 99.7 Å². The van der Waals surface area contributed by atoms with Gasteiger partial charge in [-0.1, -0.05) is 45.0 Å². The molecule has 0 saturated carbocycles. The Morgan fingerprint density at radius 2 is 1.74 bits per heavy atom. The van der Waals surface area contributed by atoms with E-state index in [4.69, 9.17) is 0 Å².